The van der Waals surface area contributed by atoms with Crippen LogP contribution < -0.4 is 5.32 Å². The maximum atomic E-state index is 14.2. The standard InChI is InChI=1S/C47H46Cl2N6O5S/c1-28(29-11-6-4-7-12-29)45(56)54-24-10-15-38(54)44-51-40(43(49)53-44)34-22-18-31(19-23-34)30-16-20-32(21-17-30)36-26-37(50-42(36)48)39-25-35(61(3)59)27-55(39)46(57)41(52-47(58)60-2)33-13-8-5-9-14-33/h4-9,11-14,16-23,28,35,38-39,41H,10,15,24-27H2,1-3H3,(H,51,53)(H,52,58)/t28-,35+,38+,39+,41+,61?/m1/s1. The summed E-state index contributed by atoms with van der Waals surface area (Å²) < 4.78 is 17.6. The Balaban J connectivity index is 0.949. The highest BCUT2D eigenvalue weighted by Crippen LogP contribution is 2.39. The number of H-pyrrole nitrogens is 1. The molecule has 14 heteroatoms. The summed E-state index contributed by atoms with van der Waals surface area (Å²) in [5, 5.41) is 3.20. The summed E-state index contributed by atoms with van der Waals surface area (Å²) >= 11 is 13.6. The second-order valence-electron chi connectivity index (χ2n) is 15.7. The van der Waals surface area contributed by atoms with Gasteiger partial charge in [0.2, 0.25) is 5.91 Å². The summed E-state index contributed by atoms with van der Waals surface area (Å²) in [6.45, 7) is 2.88. The third-order valence-electron chi connectivity index (χ3n) is 12.0. The van der Waals surface area contributed by atoms with Crippen LogP contribution in [0.2, 0.25) is 5.15 Å². The number of aliphatic imine (C=N–C) groups is 1. The van der Waals surface area contributed by atoms with Crippen LogP contribution in [0.15, 0.2) is 119 Å². The summed E-state index contributed by atoms with van der Waals surface area (Å²) in [7, 11) is 0.0503. The van der Waals surface area contributed by atoms with E-state index in [2.05, 4.69) is 10.3 Å². The molecule has 5 aromatic rings. The van der Waals surface area contributed by atoms with E-state index in [0.29, 0.717) is 52.5 Å². The average molecular weight is 878 g/mol. The fourth-order valence-corrected chi connectivity index (χ4v) is 9.98. The first-order chi connectivity index (χ1) is 29.5. The third-order valence-corrected chi connectivity index (χ3v) is 13.9. The molecule has 2 fully saturated rings. The molecule has 61 heavy (non-hydrogen) atoms. The minimum atomic E-state index is -1.20. The Hall–Kier alpha value is -5.56. The van der Waals surface area contributed by atoms with Gasteiger partial charge in [0.05, 0.1) is 30.4 Å². The van der Waals surface area contributed by atoms with Gasteiger partial charge in [-0.3, -0.25) is 13.8 Å². The number of ether oxygens (including phenoxy) is 1. The maximum Gasteiger partial charge on any atom is 0.407 e. The molecule has 2 saturated heterocycles. The van der Waals surface area contributed by atoms with E-state index in [-0.39, 0.29) is 35.6 Å². The van der Waals surface area contributed by atoms with Crippen LogP contribution in [-0.4, -0.2) is 85.3 Å². The summed E-state index contributed by atoms with van der Waals surface area (Å²) in [6, 6.07) is 33.3. The molecule has 0 radical (unpaired) electrons. The van der Waals surface area contributed by atoms with Crippen LogP contribution in [0, 0.1) is 0 Å². The molecule has 1 unspecified atom stereocenters. The number of aromatic amines is 1. The van der Waals surface area contributed by atoms with E-state index in [1.807, 2.05) is 96.8 Å². The number of benzene rings is 4. The number of alkyl carbamates (subject to hydrolysis) is 1. The summed E-state index contributed by atoms with van der Waals surface area (Å²) in [4.78, 5) is 56.8. The van der Waals surface area contributed by atoms with Crippen molar-refractivity contribution in [2.45, 2.75) is 61.9 Å². The van der Waals surface area contributed by atoms with Crippen molar-refractivity contribution in [3.8, 4) is 22.4 Å². The molecule has 3 amide bonds. The second-order valence-corrected chi connectivity index (χ2v) is 18.1. The highest BCUT2D eigenvalue weighted by Gasteiger charge is 2.44. The predicted octanol–water partition coefficient (Wildman–Crippen LogP) is 9.06. The van der Waals surface area contributed by atoms with Gasteiger partial charge < -0.3 is 24.8 Å². The molecule has 8 rings (SSSR count). The fourth-order valence-electron chi connectivity index (χ4n) is 8.62. The topological polar surface area (TPSA) is 137 Å². The van der Waals surface area contributed by atoms with Gasteiger partial charge in [0.15, 0.2) is 0 Å². The quantitative estimate of drug-likeness (QED) is 0.127. The summed E-state index contributed by atoms with van der Waals surface area (Å²) in [5.74, 6) is 0.176. The smallest absolute Gasteiger partial charge is 0.407 e. The first-order valence-corrected chi connectivity index (χ1v) is 22.7. The van der Waals surface area contributed by atoms with E-state index in [4.69, 9.17) is 37.9 Å². The van der Waals surface area contributed by atoms with Gasteiger partial charge in [0.1, 0.15) is 27.9 Å². The van der Waals surface area contributed by atoms with Gasteiger partial charge >= 0.3 is 6.09 Å². The number of methoxy groups -OCH3 is 1. The van der Waals surface area contributed by atoms with E-state index in [9.17, 15) is 18.6 Å². The second kappa shape index (κ2) is 18.2. The van der Waals surface area contributed by atoms with Crippen molar-refractivity contribution in [1.82, 2.24) is 25.1 Å². The van der Waals surface area contributed by atoms with Crippen molar-refractivity contribution in [3.63, 3.8) is 0 Å². The van der Waals surface area contributed by atoms with Gasteiger partial charge in [0, 0.05) is 53.4 Å². The summed E-state index contributed by atoms with van der Waals surface area (Å²) in [6.07, 6.45) is 3.49. The van der Waals surface area contributed by atoms with Gasteiger partial charge in [-0.25, -0.2) is 14.8 Å². The van der Waals surface area contributed by atoms with Crippen LogP contribution in [0.5, 0.6) is 0 Å². The van der Waals surface area contributed by atoms with Gasteiger partial charge in [-0.05, 0) is 54.0 Å². The van der Waals surface area contributed by atoms with E-state index in [1.165, 1.54) is 7.11 Å². The monoisotopic (exact) mass is 876 g/mol. The van der Waals surface area contributed by atoms with Crippen LogP contribution in [0.25, 0.3) is 28.0 Å². The van der Waals surface area contributed by atoms with Crippen molar-refractivity contribution in [2.75, 3.05) is 26.5 Å². The maximum absolute atomic E-state index is 14.2. The number of hydrogen-bond acceptors (Lipinski definition) is 7. The number of nitrogens with one attached hydrogen (secondary N) is 2. The van der Waals surface area contributed by atoms with Crippen LogP contribution in [0.4, 0.5) is 4.79 Å². The molecule has 6 atom stereocenters. The Labute approximate surface area is 367 Å². The van der Waals surface area contributed by atoms with Crippen molar-refractivity contribution in [1.29, 1.82) is 0 Å². The molecule has 0 spiro atoms. The van der Waals surface area contributed by atoms with E-state index in [1.54, 1.807) is 35.4 Å². The zero-order valence-corrected chi connectivity index (χ0v) is 36.3. The number of halogens is 2. The minimum absolute atomic E-state index is 0.0810. The van der Waals surface area contributed by atoms with Gasteiger partial charge in [-0.2, -0.15) is 0 Å². The van der Waals surface area contributed by atoms with Crippen molar-refractivity contribution in [3.05, 3.63) is 142 Å². The molecule has 0 aliphatic carbocycles. The van der Waals surface area contributed by atoms with Crippen LogP contribution >= 0.6 is 23.2 Å². The normalized spacial score (nSPS) is 20.3. The van der Waals surface area contributed by atoms with E-state index in [0.717, 1.165) is 46.2 Å². The van der Waals surface area contributed by atoms with Crippen LogP contribution in [0.1, 0.15) is 73.1 Å². The lowest BCUT2D eigenvalue weighted by atomic mass is 9.96. The molecule has 3 aliphatic heterocycles. The minimum Gasteiger partial charge on any atom is -0.453 e. The number of hydrogen-bond donors (Lipinski definition) is 2. The van der Waals surface area contributed by atoms with Crippen LogP contribution in [0.3, 0.4) is 0 Å². The van der Waals surface area contributed by atoms with Crippen LogP contribution in [-0.2, 0) is 25.1 Å². The Kier molecular flexibility index (Phi) is 12.6. The lowest BCUT2D eigenvalue weighted by Gasteiger charge is -2.29. The largest absolute Gasteiger partial charge is 0.453 e. The highest BCUT2D eigenvalue weighted by atomic mass is 35.5. The first kappa shape index (κ1) is 42.1. The average Bonchev–Trinajstić information content (AvgIpc) is 4.11. The zero-order valence-electron chi connectivity index (χ0n) is 34.0. The molecule has 0 bridgehead atoms. The Morgan fingerprint density at radius 2 is 1.43 bits per heavy atom. The fraction of sp³-hybridized carbons (Fsp3) is 0.298. The summed E-state index contributed by atoms with van der Waals surface area (Å²) in [5.41, 5.74) is 7.54. The molecule has 4 heterocycles. The van der Waals surface area contributed by atoms with Gasteiger partial charge in [0.25, 0.3) is 5.91 Å². The molecule has 1 aromatic heterocycles. The van der Waals surface area contributed by atoms with E-state index < -0.39 is 29.0 Å². The number of likely N-dealkylation sites (tertiary alicyclic amines) is 2. The lowest BCUT2D eigenvalue weighted by molar-refractivity contribution is -0.134. The Morgan fingerprint density at radius 3 is 2.05 bits per heavy atom. The number of aromatic nitrogens is 2. The molecule has 0 saturated carbocycles. The number of allylic oxidation sites excluding steroid dienone is 1. The number of rotatable bonds is 11. The highest BCUT2D eigenvalue weighted by molar-refractivity contribution is 7.84. The number of carbonyl (C=O) groups is 3. The lowest BCUT2D eigenvalue weighted by Crippen LogP contribution is -2.47. The molecule has 11 nitrogen and oxygen atoms in total. The van der Waals surface area contributed by atoms with Crippen molar-refractivity contribution >= 4 is 63.2 Å². The predicted molar refractivity (Wildman–Crippen MR) is 241 cm³/mol. The van der Waals surface area contributed by atoms with Crippen molar-refractivity contribution < 1.29 is 23.3 Å². The first-order valence-electron chi connectivity index (χ1n) is 20.3. The molecular formula is C47H46Cl2N6O5S. The number of amides is 3. The van der Waals surface area contributed by atoms with Gasteiger partial charge in [-0.15, -0.1) is 0 Å². The number of carbonyl (C=O) groups excluding carboxylic acids is 3. The third kappa shape index (κ3) is 8.80. The SMILES string of the molecule is COC(=O)N[C@H](C(=O)N1C[C@@H](S(C)=O)C[C@H]1C1=NC(Cl)=C(c2ccc(-c3ccc(-c4nc([C@@H]5CCCN5C(=O)[C@H](C)c5ccccc5)[nH]c4Cl)cc3)cc2)C1)c1ccccc1. The molecule has 4 aromatic carbocycles. The Morgan fingerprint density at radius 1 is 0.820 bits per heavy atom. The zero-order chi connectivity index (χ0) is 42.8. The Bertz CT molecular complexity index is 2510. The number of nitrogens with zero attached hydrogens (tertiary/aromatic N) is 4. The molecule has 2 N–H and O–H groups in total. The molecule has 314 valence electrons. The molecular weight excluding hydrogens is 832 g/mol. The molecule has 3 aliphatic rings. The van der Waals surface area contributed by atoms with Crippen molar-refractivity contribution in [2.24, 2.45) is 4.99 Å². The number of imidazole rings is 1. The van der Waals surface area contributed by atoms with E-state index >= 15 is 0 Å². The van der Waals surface area contributed by atoms with Gasteiger partial charge in [-0.1, -0.05) is 132 Å².